The van der Waals surface area contributed by atoms with Gasteiger partial charge in [-0.2, -0.15) is 4.37 Å². The molecule has 9 heteroatoms. The zero-order valence-corrected chi connectivity index (χ0v) is 14.5. The SMILES string of the molecule is COCCc1nsc(N2CCN(c3ccnc(OC)c3)C(=O)C2)n1. The average molecular weight is 349 g/mol. The van der Waals surface area contributed by atoms with Gasteiger partial charge >= 0.3 is 0 Å². The van der Waals surface area contributed by atoms with Gasteiger partial charge < -0.3 is 19.3 Å². The van der Waals surface area contributed by atoms with E-state index in [-0.39, 0.29) is 12.5 Å². The molecule has 0 bridgehead atoms. The summed E-state index contributed by atoms with van der Waals surface area (Å²) < 4.78 is 14.5. The van der Waals surface area contributed by atoms with Crippen LogP contribution < -0.4 is 14.5 Å². The summed E-state index contributed by atoms with van der Waals surface area (Å²) in [7, 11) is 3.21. The molecule has 2 aromatic heterocycles. The second-order valence-corrected chi connectivity index (χ2v) is 5.99. The van der Waals surface area contributed by atoms with Crippen LogP contribution in [0.15, 0.2) is 18.3 Å². The van der Waals surface area contributed by atoms with Gasteiger partial charge in [0.2, 0.25) is 16.9 Å². The van der Waals surface area contributed by atoms with E-state index in [1.807, 2.05) is 11.0 Å². The second kappa shape index (κ2) is 7.54. The standard InChI is InChI=1S/C15H19N5O3S/c1-22-8-4-12-17-15(24-18-12)19-6-7-20(14(21)10-19)11-3-5-16-13(9-11)23-2/h3,5,9H,4,6-8,10H2,1-2H3. The first-order valence-electron chi connectivity index (χ1n) is 7.58. The molecule has 2 aromatic rings. The topological polar surface area (TPSA) is 80.7 Å². The Labute approximate surface area is 144 Å². The van der Waals surface area contributed by atoms with Gasteiger partial charge in [-0.3, -0.25) is 4.79 Å². The fraction of sp³-hybridized carbons (Fsp3) is 0.467. The molecule has 0 aliphatic carbocycles. The summed E-state index contributed by atoms with van der Waals surface area (Å²) >= 11 is 1.32. The number of amides is 1. The molecule has 0 unspecified atom stereocenters. The Kier molecular flexibility index (Phi) is 5.21. The fourth-order valence-corrected chi connectivity index (χ4v) is 3.19. The molecular weight excluding hydrogens is 330 g/mol. The van der Waals surface area contributed by atoms with Gasteiger partial charge in [-0.1, -0.05) is 0 Å². The number of methoxy groups -OCH3 is 2. The Bertz CT molecular complexity index is 708. The number of hydrogen-bond acceptors (Lipinski definition) is 8. The highest BCUT2D eigenvalue weighted by Gasteiger charge is 2.27. The Morgan fingerprint density at radius 2 is 2.21 bits per heavy atom. The minimum Gasteiger partial charge on any atom is -0.481 e. The van der Waals surface area contributed by atoms with Crippen molar-refractivity contribution in [3.8, 4) is 5.88 Å². The van der Waals surface area contributed by atoms with E-state index in [1.165, 1.54) is 11.5 Å². The van der Waals surface area contributed by atoms with Gasteiger partial charge in [0.05, 0.1) is 25.9 Å². The summed E-state index contributed by atoms with van der Waals surface area (Å²) in [5.41, 5.74) is 0.796. The van der Waals surface area contributed by atoms with Crippen LogP contribution in [0.2, 0.25) is 0 Å². The number of rotatable bonds is 6. The van der Waals surface area contributed by atoms with Crippen LogP contribution in [0.5, 0.6) is 5.88 Å². The van der Waals surface area contributed by atoms with Crippen LogP contribution in [0.25, 0.3) is 0 Å². The maximum absolute atomic E-state index is 12.5. The number of pyridine rings is 1. The lowest BCUT2D eigenvalue weighted by atomic mass is 10.2. The van der Waals surface area contributed by atoms with Crippen LogP contribution in [-0.4, -0.2) is 60.7 Å². The van der Waals surface area contributed by atoms with Crippen molar-refractivity contribution in [3.63, 3.8) is 0 Å². The van der Waals surface area contributed by atoms with Crippen LogP contribution in [0.3, 0.4) is 0 Å². The molecule has 3 heterocycles. The lowest BCUT2D eigenvalue weighted by Gasteiger charge is -2.33. The molecule has 0 saturated carbocycles. The Balaban J connectivity index is 1.66. The van der Waals surface area contributed by atoms with Crippen molar-refractivity contribution in [2.45, 2.75) is 6.42 Å². The summed E-state index contributed by atoms with van der Waals surface area (Å²) in [6, 6.07) is 3.57. The van der Waals surface area contributed by atoms with Gasteiger partial charge in [-0.05, 0) is 6.07 Å². The third-order valence-electron chi connectivity index (χ3n) is 3.72. The first kappa shape index (κ1) is 16.6. The quantitative estimate of drug-likeness (QED) is 0.769. The van der Waals surface area contributed by atoms with E-state index in [0.717, 1.165) is 16.6 Å². The maximum atomic E-state index is 12.5. The molecule has 0 spiro atoms. The highest BCUT2D eigenvalue weighted by molar-refractivity contribution is 7.09. The molecule has 1 amide bonds. The van der Waals surface area contributed by atoms with Gasteiger partial charge in [0, 0.05) is 50.4 Å². The Morgan fingerprint density at radius 1 is 1.33 bits per heavy atom. The van der Waals surface area contributed by atoms with Crippen LogP contribution in [0.4, 0.5) is 10.8 Å². The van der Waals surface area contributed by atoms with E-state index in [2.05, 4.69) is 14.3 Å². The van der Waals surface area contributed by atoms with Crippen molar-refractivity contribution < 1.29 is 14.3 Å². The van der Waals surface area contributed by atoms with Crippen molar-refractivity contribution in [2.24, 2.45) is 0 Å². The predicted molar refractivity (Wildman–Crippen MR) is 90.8 cm³/mol. The number of anilines is 2. The number of aromatic nitrogens is 3. The van der Waals surface area contributed by atoms with E-state index in [9.17, 15) is 4.79 Å². The smallest absolute Gasteiger partial charge is 0.246 e. The van der Waals surface area contributed by atoms with E-state index in [4.69, 9.17) is 9.47 Å². The zero-order chi connectivity index (χ0) is 16.9. The normalized spacial score (nSPS) is 15.0. The van der Waals surface area contributed by atoms with E-state index in [0.29, 0.717) is 32.0 Å². The summed E-state index contributed by atoms with van der Waals surface area (Å²) in [5, 5.41) is 0.779. The number of piperazine rings is 1. The monoisotopic (exact) mass is 349 g/mol. The molecular formula is C15H19N5O3S. The summed E-state index contributed by atoms with van der Waals surface area (Å²) in [4.78, 5) is 24.8. The van der Waals surface area contributed by atoms with Gasteiger partial charge in [0.1, 0.15) is 5.82 Å². The molecule has 1 aliphatic rings. The lowest BCUT2D eigenvalue weighted by molar-refractivity contribution is -0.117. The van der Waals surface area contributed by atoms with E-state index >= 15 is 0 Å². The maximum Gasteiger partial charge on any atom is 0.246 e. The molecule has 0 aromatic carbocycles. The minimum atomic E-state index is 0.0168. The first-order chi connectivity index (χ1) is 11.7. The molecule has 0 radical (unpaired) electrons. The van der Waals surface area contributed by atoms with Crippen LogP contribution >= 0.6 is 11.5 Å². The molecule has 0 atom stereocenters. The second-order valence-electron chi connectivity index (χ2n) is 5.26. The van der Waals surface area contributed by atoms with Crippen LogP contribution in [0.1, 0.15) is 5.82 Å². The largest absolute Gasteiger partial charge is 0.481 e. The van der Waals surface area contributed by atoms with Gasteiger partial charge in [-0.15, -0.1) is 0 Å². The van der Waals surface area contributed by atoms with Gasteiger partial charge in [-0.25, -0.2) is 9.97 Å². The molecule has 1 fully saturated rings. The number of ether oxygens (including phenoxy) is 2. The zero-order valence-electron chi connectivity index (χ0n) is 13.6. The fourth-order valence-electron chi connectivity index (χ4n) is 2.46. The molecule has 0 N–H and O–H groups in total. The number of carbonyl (C=O) groups excluding carboxylic acids is 1. The summed E-state index contributed by atoms with van der Waals surface area (Å²) in [5.74, 6) is 1.27. The summed E-state index contributed by atoms with van der Waals surface area (Å²) in [6.07, 6.45) is 2.32. The number of nitrogens with zero attached hydrogens (tertiary/aromatic N) is 5. The van der Waals surface area contributed by atoms with Crippen molar-refractivity contribution in [3.05, 3.63) is 24.2 Å². The van der Waals surface area contributed by atoms with Crippen LogP contribution in [-0.2, 0) is 16.0 Å². The average Bonchev–Trinajstić information content (AvgIpc) is 3.09. The lowest BCUT2D eigenvalue weighted by Crippen LogP contribution is -2.50. The molecule has 3 rings (SSSR count). The Hall–Kier alpha value is -2.26. The number of carbonyl (C=O) groups is 1. The third-order valence-corrected chi connectivity index (χ3v) is 4.53. The minimum absolute atomic E-state index is 0.0168. The Morgan fingerprint density at radius 3 is 2.96 bits per heavy atom. The predicted octanol–water partition coefficient (Wildman–Crippen LogP) is 0.984. The van der Waals surface area contributed by atoms with Gasteiger partial charge in [0.25, 0.3) is 0 Å². The molecule has 24 heavy (non-hydrogen) atoms. The first-order valence-corrected chi connectivity index (χ1v) is 8.35. The van der Waals surface area contributed by atoms with Crippen molar-refractivity contribution in [1.82, 2.24) is 14.3 Å². The van der Waals surface area contributed by atoms with Gasteiger partial charge in [0.15, 0.2) is 0 Å². The number of hydrogen-bond donors (Lipinski definition) is 0. The molecule has 8 nitrogen and oxygen atoms in total. The third kappa shape index (κ3) is 3.62. The van der Waals surface area contributed by atoms with Crippen LogP contribution in [0, 0.1) is 0 Å². The van der Waals surface area contributed by atoms with E-state index < -0.39 is 0 Å². The molecule has 1 saturated heterocycles. The van der Waals surface area contributed by atoms with Crippen molar-refractivity contribution >= 4 is 28.3 Å². The van der Waals surface area contributed by atoms with Crippen molar-refractivity contribution in [1.29, 1.82) is 0 Å². The highest BCUT2D eigenvalue weighted by Crippen LogP contribution is 2.24. The molecule has 128 valence electrons. The molecule has 1 aliphatic heterocycles. The van der Waals surface area contributed by atoms with Crippen molar-refractivity contribution in [2.75, 3.05) is 50.3 Å². The van der Waals surface area contributed by atoms with E-state index in [1.54, 1.807) is 31.4 Å². The summed E-state index contributed by atoms with van der Waals surface area (Å²) in [6.45, 7) is 2.16. The highest BCUT2D eigenvalue weighted by atomic mass is 32.1.